The first kappa shape index (κ1) is 20.9. The van der Waals surface area contributed by atoms with Crippen LogP contribution in [0.3, 0.4) is 0 Å². The molecular formula is C24H20N4O4. The van der Waals surface area contributed by atoms with E-state index in [2.05, 4.69) is 16.0 Å². The lowest BCUT2D eigenvalue weighted by Gasteiger charge is -2.36. The second kappa shape index (κ2) is 9.18. The highest BCUT2D eigenvalue weighted by Crippen LogP contribution is 2.25. The number of nitrogens with zero attached hydrogens (tertiary/aromatic N) is 4. The Morgan fingerprint density at radius 2 is 1.66 bits per heavy atom. The van der Waals surface area contributed by atoms with Crippen LogP contribution in [0.1, 0.15) is 26.3 Å². The molecule has 1 amide bonds. The summed E-state index contributed by atoms with van der Waals surface area (Å²) in [6, 6.07) is 18.8. The van der Waals surface area contributed by atoms with E-state index in [-0.39, 0.29) is 17.4 Å². The second-order valence-corrected chi connectivity index (χ2v) is 7.23. The van der Waals surface area contributed by atoms with E-state index in [1.165, 1.54) is 24.3 Å². The van der Waals surface area contributed by atoms with Crippen LogP contribution in [-0.4, -0.2) is 53.0 Å². The topological polar surface area (TPSA) is 107 Å². The number of hydrogen-bond acceptors (Lipinski definition) is 6. The van der Waals surface area contributed by atoms with Gasteiger partial charge in [0.1, 0.15) is 11.3 Å². The van der Waals surface area contributed by atoms with Crippen molar-refractivity contribution in [1.82, 2.24) is 9.88 Å². The molecule has 32 heavy (non-hydrogen) atoms. The summed E-state index contributed by atoms with van der Waals surface area (Å²) in [6.45, 7) is 2.43. The molecule has 1 aliphatic heterocycles. The Labute approximate surface area is 184 Å². The number of amides is 1. The largest absolute Gasteiger partial charge is 0.478 e. The van der Waals surface area contributed by atoms with Crippen molar-refractivity contribution in [2.24, 2.45) is 0 Å². The zero-order valence-electron chi connectivity index (χ0n) is 17.1. The number of pyridine rings is 1. The lowest BCUT2D eigenvalue weighted by molar-refractivity contribution is 0.0695. The summed E-state index contributed by atoms with van der Waals surface area (Å²) in [5, 5.41) is 18.0. The molecule has 0 saturated carbocycles. The molecule has 0 radical (unpaired) electrons. The van der Waals surface area contributed by atoms with Crippen molar-refractivity contribution < 1.29 is 19.4 Å². The number of carbonyl (C=O) groups is 2. The fourth-order valence-electron chi connectivity index (χ4n) is 3.50. The molecule has 0 atom stereocenters. The Balaban J connectivity index is 1.44. The number of anilines is 1. The van der Waals surface area contributed by atoms with E-state index >= 15 is 0 Å². The maximum Gasteiger partial charge on any atom is 0.335 e. The Kier molecular flexibility index (Phi) is 5.99. The predicted molar refractivity (Wildman–Crippen MR) is 117 cm³/mol. The van der Waals surface area contributed by atoms with E-state index in [9.17, 15) is 9.59 Å². The van der Waals surface area contributed by atoms with Crippen LogP contribution in [0.25, 0.3) is 0 Å². The first-order valence-electron chi connectivity index (χ1n) is 10.1. The fraction of sp³-hybridized carbons (Fsp3) is 0.167. The van der Waals surface area contributed by atoms with Crippen LogP contribution < -0.4 is 9.64 Å². The number of carboxylic acid groups (broad SMARTS) is 1. The summed E-state index contributed by atoms with van der Waals surface area (Å²) < 4.78 is 5.78. The van der Waals surface area contributed by atoms with Gasteiger partial charge in [-0.2, -0.15) is 5.26 Å². The van der Waals surface area contributed by atoms with Crippen molar-refractivity contribution in [3.05, 3.63) is 83.6 Å². The van der Waals surface area contributed by atoms with Crippen molar-refractivity contribution in [2.75, 3.05) is 31.1 Å². The number of hydrogen-bond donors (Lipinski definition) is 1. The normalized spacial score (nSPS) is 13.3. The molecule has 2 aromatic carbocycles. The van der Waals surface area contributed by atoms with Gasteiger partial charge in [-0.25, -0.2) is 9.78 Å². The lowest BCUT2D eigenvalue weighted by atomic mass is 10.1. The van der Waals surface area contributed by atoms with Crippen LogP contribution >= 0.6 is 0 Å². The number of carboxylic acids is 1. The van der Waals surface area contributed by atoms with Crippen molar-refractivity contribution in [2.45, 2.75) is 0 Å². The summed E-state index contributed by atoms with van der Waals surface area (Å²) in [5.74, 6) is -0.622. The monoisotopic (exact) mass is 428 g/mol. The van der Waals surface area contributed by atoms with E-state index in [0.29, 0.717) is 43.1 Å². The summed E-state index contributed by atoms with van der Waals surface area (Å²) in [4.78, 5) is 32.3. The van der Waals surface area contributed by atoms with Crippen LogP contribution in [0, 0.1) is 11.3 Å². The molecule has 8 nitrogen and oxygen atoms in total. The number of piperazine rings is 1. The highest BCUT2D eigenvalue weighted by molar-refractivity contribution is 5.96. The van der Waals surface area contributed by atoms with Gasteiger partial charge in [0.25, 0.3) is 5.91 Å². The fourth-order valence-corrected chi connectivity index (χ4v) is 3.50. The maximum absolute atomic E-state index is 13.2. The van der Waals surface area contributed by atoms with Gasteiger partial charge in [0, 0.05) is 38.1 Å². The molecule has 0 bridgehead atoms. The van der Waals surface area contributed by atoms with Gasteiger partial charge < -0.3 is 19.6 Å². The number of rotatable bonds is 5. The van der Waals surface area contributed by atoms with Gasteiger partial charge in [-0.15, -0.1) is 0 Å². The molecular weight excluding hydrogens is 408 g/mol. The molecule has 0 unspecified atom stereocenters. The molecule has 8 heteroatoms. The van der Waals surface area contributed by atoms with Crippen LogP contribution in [-0.2, 0) is 0 Å². The van der Waals surface area contributed by atoms with E-state index in [0.717, 1.165) is 5.69 Å². The van der Waals surface area contributed by atoms with E-state index in [1.807, 2.05) is 12.1 Å². The number of carbonyl (C=O) groups excluding carboxylic acids is 1. The van der Waals surface area contributed by atoms with Crippen molar-refractivity contribution in [3.63, 3.8) is 0 Å². The minimum atomic E-state index is -1.02. The molecule has 1 aromatic heterocycles. The van der Waals surface area contributed by atoms with Crippen molar-refractivity contribution >= 4 is 17.6 Å². The average Bonchev–Trinajstić information content (AvgIpc) is 2.84. The van der Waals surface area contributed by atoms with Gasteiger partial charge in [-0.1, -0.05) is 0 Å². The van der Waals surface area contributed by atoms with E-state index in [1.54, 1.807) is 35.4 Å². The highest BCUT2D eigenvalue weighted by Gasteiger charge is 2.25. The molecule has 1 N–H and O–H groups in total. The van der Waals surface area contributed by atoms with Gasteiger partial charge in [0.2, 0.25) is 5.88 Å². The SMILES string of the molecule is N#Cc1ccc(N2CCN(C(=O)c3cccnc3Oc3ccc(C(=O)O)cc3)CC2)cc1. The number of nitriles is 1. The van der Waals surface area contributed by atoms with Gasteiger partial charge in [-0.05, 0) is 60.7 Å². The third-order valence-corrected chi connectivity index (χ3v) is 5.25. The van der Waals surface area contributed by atoms with Crippen molar-refractivity contribution in [1.29, 1.82) is 5.26 Å². The summed E-state index contributed by atoms with van der Waals surface area (Å²) in [7, 11) is 0. The van der Waals surface area contributed by atoms with E-state index in [4.69, 9.17) is 15.1 Å². The molecule has 0 spiro atoms. The third-order valence-electron chi connectivity index (χ3n) is 5.25. The molecule has 2 heterocycles. The maximum atomic E-state index is 13.2. The lowest BCUT2D eigenvalue weighted by Crippen LogP contribution is -2.48. The molecule has 3 aromatic rings. The number of aromatic nitrogens is 1. The highest BCUT2D eigenvalue weighted by atomic mass is 16.5. The summed E-state index contributed by atoms with van der Waals surface area (Å²) in [5.41, 5.74) is 2.13. The van der Waals surface area contributed by atoms with Crippen LogP contribution in [0.2, 0.25) is 0 Å². The number of benzene rings is 2. The molecule has 0 aliphatic carbocycles. The van der Waals surface area contributed by atoms with Crippen LogP contribution in [0.4, 0.5) is 5.69 Å². The molecule has 1 aliphatic rings. The van der Waals surface area contributed by atoms with Crippen LogP contribution in [0.15, 0.2) is 66.9 Å². The molecule has 4 rings (SSSR count). The summed E-state index contributed by atoms with van der Waals surface area (Å²) in [6.07, 6.45) is 1.54. The Bertz CT molecular complexity index is 1160. The smallest absolute Gasteiger partial charge is 0.335 e. The van der Waals surface area contributed by atoms with Crippen LogP contribution in [0.5, 0.6) is 11.6 Å². The Hall–Kier alpha value is -4.38. The zero-order valence-corrected chi connectivity index (χ0v) is 17.1. The standard InChI is InChI=1S/C24H20N4O4/c25-16-17-3-7-19(8-4-17)27-12-14-28(15-13-27)23(29)21-2-1-11-26-22(21)32-20-9-5-18(6-10-20)24(30)31/h1-11H,12-15H2,(H,30,31). The molecule has 1 saturated heterocycles. The quantitative estimate of drug-likeness (QED) is 0.664. The van der Waals surface area contributed by atoms with E-state index < -0.39 is 5.97 Å². The van der Waals surface area contributed by atoms with Gasteiger partial charge in [0.05, 0.1) is 17.2 Å². The van der Waals surface area contributed by atoms with Crippen molar-refractivity contribution in [3.8, 4) is 17.7 Å². The number of ether oxygens (including phenoxy) is 1. The Morgan fingerprint density at radius 1 is 0.969 bits per heavy atom. The van der Waals surface area contributed by atoms with Gasteiger partial charge >= 0.3 is 5.97 Å². The number of aromatic carboxylic acids is 1. The van der Waals surface area contributed by atoms with Gasteiger partial charge in [-0.3, -0.25) is 4.79 Å². The minimum absolute atomic E-state index is 0.148. The predicted octanol–water partition coefficient (Wildman–Crippen LogP) is 3.41. The third kappa shape index (κ3) is 4.52. The first-order valence-corrected chi connectivity index (χ1v) is 10.1. The van der Waals surface area contributed by atoms with Gasteiger partial charge in [0.15, 0.2) is 0 Å². The first-order chi connectivity index (χ1) is 15.5. The molecule has 1 fully saturated rings. The minimum Gasteiger partial charge on any atom is -0.478 e. The molecule has 160 valence electrons. The average molecular weight is 428 g/mol. The second-order valence-electron chi connectivity index (χ2n) is 7.23. The summed E-state index contributed by atoms with van der Waals surface area (Å²) >= 11 is 0. The zero-order chi connectivity index (χ0) is 22.5. The Morgan fingerprint density at radius 3 is 2.28 bits per heavy atom.